The van der Waals surface area contributed by atoms with E-state index in [2.05, 4.69) is 22.1 Å². The summed E-state index contributed by atoms with van der Waals surface area (Å²) in [5.41, 5.74) is 7.06. The summed E-state index contributed by atoms with van der Waals surface area (Å²) in [5, 5.41) is 9.56. The van der Waals surface area contributed by atoms with Gasteiger partial charge in [0.15, 0.2) is 0 Å². The van der Waals surface area contributed by atoms with Crippen LogP contribution in [0.1, 0.15) is 52.0 Å². The van der Waals surface area contributed by atoms with Crippen molar-refractivity contribution in [1.82, 2.24) is 19.1 Å². The van der Waals surface area contributed by atoms with Crippen molar-refractivity contribution in [3.63, 3.8) is 0 Å². The Morgan fingerprint density at radius 1 is 1.09 bits per heavy atom. The molecule has 3 heterocycles. The zero-order valence-corrected chi connectivity index (χ0v) is 18.7. The Labute approximate surface area is 187 Å². The molecule has 160 valence electrons. The fraction of sp³-hybridized carbons (Fsp3) is 0.231. The summed E-state index contributed by atoms with van der Waals surface area (Å²) in [6.07, 6.45) is 9.42. The zero-order valence-electron chi connectivity index (χ0n) is 18.7. The first-order valence-electron chi connectivity index (χ1n) is 10.5. The van der Waals surface area contributed by atoms with Crippen LogP contribution in [0.3, 0.4) is 0 Å². The van der Waals surface area contributed by atoms with Gasteiger partial charge in [-0.3, -0.25) is 9.78 Å². The van der Waals surface area contributed by atoms with Crippen LogP contribution in [0.2, 0.25) is 0 Å². The second kappa shape index (κ2) is 8.64. The molecule has 3 aromatic heterocycles. The van der Waals surface area contributed by atoms with Crippen LogP contribution in [0, 0.1) is 32.1 Å². The molecule has 0 aliphatic carbocycles. The average Bonchev–Trinajstić information content (AvgIpc) is 3.20. The highest BCUT2D eigenvalue weighted by Gasteiger charge is 2.15. The van der Waals surface area contributed by atoms with Crippen LogP contribution >= 0.6 is 0 Å². The Bertz CT molecular complexity index is 1390. The average molecular weight is 424 g/mol. The monoisotopic (exact) mass is 423 g/mol. The Morgan fingerprint density at radius 3 is 2.56 bits per heavy atom. The molecule has 0 spiro atoms. The van der Waals surface area contributed by atoms with Gasteiger partial charge >= 0.3 is 0 Å². The third kappa shape index (κ3) is 4.23. The molecule has 0 bridgehead atoms. The molecular weight excluding hydrogens is 398 g/mol. The van der Waals surface area contributed by atoms with Crippen LogP contribution in [0.15, 0.2) is 66.2 Å². The Kier molecular flexibility index (Phi) is 5.74. The molecule has 0 radical (unpaired) electrons. The van der Waals surface area contributed by atoms with Gasteiger partial charge in [0.05, 0.1) is 23.6 Å². The zero-order chi connectivity index (χ0) is 22.8. The number of nitriles is 1. The van der Waals surface area contributed by atoms with E-state index in [1.165, 1.54) is 0 Å². The number of hydrogen-bond acceptors (Lipinski definition) is 4. The molecule has 1 aromatic carbocycles. The number of rotatable bonds is 5. The van der Waals surface area contributed by atoms with Gasteiger partial charge < -0.3 is 9.13 Å². The fourth-order valence-corrected chi connectivity index (χ4v) is 3.99. The first kappa shape index (κ1) is 21.3. The van der Waals surface area contributed by atoms with Crippen molar-refractivity contribution in [2.24, 2.45) is 0 Å². The Balaban J connectivity index is 1.70. The van der Waals surface area contributed by atoms with Gasteiger partial charge in [-0.1, -0.05) is 18.2 Å². The van der Waals surface area contributed by atoms with E-state index in [4.69, 9.17) is 0 Å². The van der Waals surface area contributed by atoms with Crippen molar-refractivity contribution in [2.45, 2.75) is 40.2 Å². The summed E-state index contributed by atoms with van der Waals surface area (Å²) < 4.78 is 3.63. The molecule has 0 aliphatic rings. The van der Waals surface area contributed by atoms with Gasteiger partial charge in [-0.05, 0) is 62.1 Å². The topological polar surface area (TPSA) is 76.5 Å². The van der Waals surface area contributed by atoms with Gasteiger partial charge in [-0.2, -0.15) is 5.26 Å². The second-order valence-electron chi connectivity index (χ2n) is 8.27. The molecule has 1 atom stereocenters. The molecule has 6 heteroatoms. The van der Waals surface area contributed by atoms with Crippen molar-refractivity contribution in [1.29, 1.82) is 5.26 Å². The summed E-state index contributed by atoms with van der Waals surface area (Å²) in [6.45, 7) is 7.93. The SMILES string of the molecule is Cc1cncc([C@H](C)n2cc(C#N)cc(Cc3ccc(-n4cnc(C)c4)c(C)c3)c2=O)c1. The fourth-order valence-electron chi connectivity index (χ4n) is 3.99. The maximum atomic E-state index is 13.3. The minimum atomic E-state index is -0.226. The van der Waals surface area contributed by atoms with E-state index in [0.717, 1.165) is 33.6 Å². The van der Waals surface area contributed by atoms with Gasteiger partial charge in [-0.15, -0.1) is 0 Å². The molecule has 0 fully saturated rings. The number of pyridine rings is 2. The normalized spacial score (nSPS) is 11.8. The first-order chi connectivity index (χ1) is 15.4. The van der Waals surface area contributed by atoms with E-state index in [9.17, 15) is 10.1 Å². The number of aromatic nitrogens is 4. The standard InChI is InChI=1S/C26H25N5O/c1-17-7-24(13-28-12-17)20(4)31-15-22(11-27)10-23(26(31)32)9-21-5-6-25(18(2)8-21)30-14-19(3)29-16-30/h5-8,10,12-16,20H,9H2,1-4H3/t20-/m0/s1. The van der Waals surface area contributed by atoms with E-state index in [0.29, 0.717) is 17.5 Å². The van der Waals surface area contributed by atoms with Crippen LogP contribution in [0.25, 0.3) is 5.69 Å². The lowest BCUT2D eigenvalue weighted by Crippen LogP contribution is -2.27. The molecule has 6 nitrogen and oxygen atoms in total. The lowest BCUT2D eigenvalue weighted by molar-refractivity contribution is 0.606. The summed E-state index contributed by atoms with van der Waals surface area (Å²) in [7, 11) is 0. The highest BCUT2D eigenvalue weighted by Crippen LogP contribution is 2.20. The molecule has 4 aromatic rings. The van der Waals surface area contributed by atoms with Crippen LogP contribution in [0.4, 0.5) is 0 Å². The van der Waals surface area contributed by atoms with Crippen molar-refractivity contribution in [3.05, 3.63) is 111 Å². The third-order valence-corrected chi connectivity index (χ3v) is 5.69. The maximum absolute atomic E-state index is 13.3. The Morgan fingerprint density at radius 2 is 1.91 bits per heavy atom. The maximum Gasteiger partial charge on any atom is 0.254 e. The summed E-state index contributed by atoms with van der Waals surface area (Å²) in [5.74, 6) is 0. The first-order valence-corrected chi connectivity index (χ1v) is 10.5. The van der Waals surface area contributed by atoms with Gasteiger partial charge in [-0.25, -0.2) is 4.98 Å². The van der Waals surface area contributed by atoms with E-state index in [1.54, 1.807) is 35.6 Å². The van der Waals surface area contributed by atoms with Gasteiger partial charge in [0, 0.05) is 42.5 Å². The minimum absolute atomic E-state index is 0.0926. The predicted molar refractivity (Wildman–Crippen MR) is 124 cm³/mol. The molecule has 0 N–H and O–H groups in total. The minimum Gasteiger partial charge on any atom is -0.307 e. The largest absolute Gasteiger partial charge is 0.307 e. The van der Waals surface area contributed by atoms with E-state index in [1.807, 2.05) is 56.7 Å². The van der Waals surface area contributed by atoms with Crippen molar-refractivity contribution in [2.75, 3.05) is 0 Å². The summed E-state index contributed by atoms with van der Waals surface area (Å²) in [6, 6.07) is 11.8. The van der Waals surface area contributed by atoms with E-state index in [-0.39, 0.29) is 11.6 Å². The van der Waals surface area contributed by atoms with E-state index < -0.39 is 0 Å². The molecule has 32 heavy (non-hydrogen) atoms. The number of imidazole rings is 1. The lowest BCUT2D eigenvalue weighted by Gasteiger charge is -2.18. The molecule has 0 aliphatic heterocycles. The number of hydrogen-bond donors (Lipinski definition) is 0. The number of nitrogens with zero attached hydrogens (tertiary/aromatic N) is 5. The molecule has 0 saturated heterocycles. The smallest absolute Gasteiger partial charge is 0.254 e. The lowest BCUT2D eigenvalue weighted by atomic mass is 10.0. The van der Waals surface area contributed by atoms with Crippen molar-refractivity contribution < 1.29 is 0 Å². The van der Waals surface area contributed by atoms with Gasteiger partial charge in [0.2, 0.25) is 0 Å². The molecule has 0 amide bonds. The van der Waals surface area contributed by atoms with Crippen LogP contribution in [0.5, 0.6) is 0 Å². The highest BCUT2D eigenvalue weighted by molar-refractivity contribution is 5.44. The molecule has 4 rings (SSSR count). The van der Waals surface area contributed by atoms with Crippen LogP contribution in [-0.2, 0) is 6.42 Å². The molecular formula is C26H25N5O. The van der Waals surface area contributed by atoms with Crippen molar-refractivity contribution >= 4 is 0 Å². The molecule has 0 saturated carbocycles. The number of aryl methyl sites for hydroxylation is 3. The quantitative estimate of drug-likeness (QED) is 0.476. The summed E-state index contributed by atoms with van der Waals surface area (Å²) in [4.78, 5) is 21.9. The van der Waals surface area contributed by atoms with E-state index >= 15 is 0 Å². The highest BCUT2D eigenvalue weighted by atomic mass is 16.1. The summed E-state index contributed by atoms with van der Waals surface area (Å²) >= 11 is 0. The third-order valence-electron chi connectivity index (χ3n) is 5.69. The predicted octanol–water partition coefficient (Wildman–Crippen LogP) is 4.43. The number of benzene rings is 1. The van der Waals surface area contributed by atoms with Crippen LogP contribution in [-0.4, -0.2) is 19.1 Å². The Hall–Kier alpha value is -3.98. The second-order valence-corrected chi connectivity index (χ2v) is 8.27. The van der Waals surface area contributed by atoms with Gasteiger partial charge in [0.25, 0.3) is 5.56 Å². The molecule has 0 unspecified atom stereocenters. The van der Waals surface area contributed by atoms with Crippen LogP contribution < -0.4 is 5.56 Å². The van der Waals surface area contributed by atoms with Gasteiger partial charge in [0.1, 0.15) is 6.07 Å². The van der Waals surface area contributed by atoms with Crippen molar-refractivity contribution in [3.8, 4) is 11.8 Å².